The molecule has 0 saturated carbocycles. The normalized spacial score (nSPS) is 11.7. The minimum atomic E-state index is -0.720. The van der Waals surface area contributed by atoms with Gasteiger partial charge in [-0.15, -0.1) is 0 Å². The van der Waals surface area contributed by atoms with E-state index < -0.39 is 30.7 Å². The maximum atomic E-state index is 12.0. The number of ether oxygens (including phenoxy) is 2. The van der Waals surface area contributed by atoms with E-state index in [1.165, 1.54) is 12.1 Å². The highest BCUT2D eigenvalue weighted by Gasteiger charge is 2.13. The third kappa shape index (κ3) is 5.75. The molecule has 1 atom stereocenters. The molecule has 0 saturated heterocycles. The number of esters is 1. The Morgan fingerprint density at radius 3 is 2.57 bits per heavy atom. The zero-order chi connectivity index (χ0) is 21.7. The lowest BCUT2D eigenvalue weighted by atomic mass is 10.1. The summed E-state index contributed by atoms with van der Waals surface area (Å²) in [6.45, 7) is 0.902. The second-order valence-electron chi connectivity index (χ2n) is 6.37. The number of halogens is 2. The second-order valence-corrected chi connectivity index (χ2v) is 7.18. The molecule has 0 aliphatic heterocycles. The molecule has 0 radical (unpaired) electrons. The summed E-state index contributed by atoms with van der Waals surface area (Å²) in [5.74, 6) is -0.872. The van der Waals surface area contributed by atoms with Crippen LogP contribution in [0.25, 0.3) is 11.0 Å². The van der Waals surface area contributed by atoms with Crippen molar-refractivity contribution in [2.75, 3.05) is 13.2 Å². The van der Waals surface area contributed by atoms with Gasteiger partial charge >= 0.3 is 11.6 Å². The number of carbonyl (C=O) groups excluding carboxylic acids is 2. The average Bonchev–Trinajstić information content (AvgIpc) is 2.72. The van der Waals surface area contributed by atoms with E-state index in [0.29, 0.717) is 21.4 Å². The Morgan fingerprint density at radius 2 is 1.80 bits per heavy atom. The molecule has 1 N–H and O–H groups in total. The third-order valence-corrected chi connectivity index (χ3v) is 4.88. The lowest BCUT2D eigenvalue weighted by Gasteiger charge is -2.15. The molecule has 0 spiro atoms. The van der Waals surface area contributed by atoms with Gasteiger partial charge in [-0.2, -0.15) is 0 Å². The second kappa shape index (κ2) is 9.65. The molecule has 9 heteroatoms. The summed E-state index contributed by atoms with van der Waals surface area (Å²) in [5.41, 5.74) is 0.611. The average molecular weight is 450 g/mol. The number of hydrogen-bond donors (Lipinski definition) is 1. The first-order chi connectivity index (χ1) is 14.3. The van der Waals surface area contributed by atoms with Gasteiger partial charge in [-0.1, -0.05) is 29.3 Å². The van der Waals surface area contributed by atoms with Gasteiger partial charge in [-0.25, -0.2) is 9.59 Å². The van der Waals surface area contributed by atoms with Gasteiger partial charge in [-0.05, 0) is 42.8 Å². The monoisotopic (exact) mass is 449 g/mol. The van der Waals surface area contributed by atoms with Crippen LogP contribution in [0.4, 0.5) is 0 Å². The summed E-state index contributed by atoms with van der Waals surface area (Å²) in [6.07, 6.45) is 0. The van der Waals surface area contributed by atoms with Gasteiger partial charge in [0.25, 0.3) is 5.91 Å². The van der Waals surface area contributed by atoms with Gasteiger partial charge < -0.3 is 19.2 Å². The molecule has 0 aliphatic carbocycles. The SMILES string of the molecule is CC(NC(=O)COC(=O)COc1ccc2ccc(=O)oc2c1)c1ccc(Cl)c(Cl)c1. The Bertz CT molecular complexity index is 1140. The number of nitrogens with one attached hydrogen (secondary N) is 1. The lowest BCUT2D eigenvalue weighted by molar-refractivity contribution is -0.150. The van der Waals surface area contributed by atoms with Crippen molar-refractivity contribution in [1.29, 1.82) is 0 Å². The Labute approximate surface area is 181 Å². The largest absolute Gasteiger partial charge is 0.482 e. The highest BCUT2D eigenvalue weighted by Crippen LogP contribution is 2.25. The molecule has 3 rings (SSSR count). The van der Waals surface area contributed by atoms with Crippen molar-refractivity contribution in [2.24, 2.45) is 0 Å². The Balaban J connectivity index is 1.46. The van der Waals surface area contributed by atoms with E-state index in [0.717, 1.165) is 10.9 Å². The molecule has 1 unspecified atom stereocenters. The Hall–Kier alpha value is -3.03. The number of amides is 1. The van der Waals surface area contributed by atoms with Crippen LogP contribution < -0.4 is 15.7 Å². The zero-order valence-electron chi connectivity index (χ0n) is 15.8. The fraction of sp³-hybridized carbons (Fsp3) is 0.190. The van der Waals surface area contributed by atoms with Crippen LogP contribution in [-0.4, -0.2) is 25.1 Å². The molecule has 0 aliphatic rings. The van der Waals surface area contributed by atoms with Gasteiger partial charge in [0.05, 0.1) is 16.1 Å². The molecule has 7 nitrogen and oxygen atoms in total. The van der Waals surface area contributed by atoms with E-state index in [4.69, 9.17) is 37.1 Å². The maximum Gasteiger partial charge on any atom is 0.344 e. The number of benzene rings is 2. The van der Waals surface area contributed by atoms with Crippen LogP contribution in [0.3, 0.4) is 0 Å². The fourth-order valence-corrected chi connectivity index (χ4v) is 2.92. The number of rotatable bonds is 7. The summed E-state index contributed by atoms with van der Waals surface area (Å²) in [4.78, 5) is 35.1. The standard InChI is InChI=1S/C21H17Cl2NO6/c1-12(14-3-6-16(22)17(23)8-14)24-19(25)10-29-21(27)11-28-15-5-2-13-4-7-20(26)30-18(13)9-15/h2-9,12H,10-11H2,1H3,(H,24,25). The lowest BCUT2D eigenvalue weighted by Crippen LogP contribution is -2.31. The van der Waals surface area contributed by atoms with Crippen molar-refractivity contribution in [2.45, 2.75) is 13.0 Å². The van der Waals surface area contributed by atoms with Crippen molar-refractivity contribution in [3.05, 3.63) is 74.6 Å². The first kappa shape index (κ1) is 21.7. The number of carbonyl (C=O) groups is 2. The van der Waals surface area contributed by atoms with E-state index in [2.05, 4.69) is 5.32 Å². The molecule has 0 bridgehead atoms. The van der Waals surface area contributed by atoms with Crippen molar-refractivity contribution >= 4 is 46.0 Å². The van der Waals surface area contributed by atoms with Crippen LogP contribution in [0, 0.1) is 0 Å². The molecule has 0 fully saturated rings. The summed E-state index contributed by atoms with van der Waals surface area (Å²) >= 11 is 11.9. The van der Waals surface area contributed by atoms with Crippen molar-refractivity contribution in [3.8, 4) is 5.75 Å². The molecular formula is C21H17Cl2NO6. The minimum Gasteiger partial charge on any atom is -0.482 e. The maximum absolute atomic E-state index is 12.0. The molecule has 2 aromatic carbocycles. The van der Waals surface area contributed by atoms with Crippen LogP contribution >= 0.6 is 23.2 Å². The summed E-state index contributed by atoms with van der Waals surface area (Å²) in [7, 11) is 0. The molecule has 1 heterocycles. The minimum absolute atomic E-state index is 0.325. The highest BCUT2D eigenvalue weighted by atomic mass is 35.5. The highest BCUT2D eigenvalue weighted by molar-refractivity contribution is 6.42. The third-order valence-electron chi connectivity index (χ3n) is 4.14. The fourth-order valence-electron chi connectivity index (χ4n) is 2.61. The molecule has 1 amide bonds. The van der Waals surface area contributed by atoms with Crippen LogP contribution in [0.15, 0.2) is 57.7 Å². The van der Waals surface area contributed by atoms with Gasteiger partial charge in [0.15, 0.2) is 13.2 Å². The first-order valence-electron chi connectivity index (χ1n) is 8.88. The van der Waals surface area contributed by atoms with E-state index >= 15 is 0 Å². The van der Waals surface area contributed by atoms with Crippen LogP contribution in [0.1, 0.15) is 18.5 Å². The number of hydrogen-bond acceptors (Lipinski definition) is 6. The smallest absolute Gasteiger partial charge is 0.344 e. The topological polar surface area (TPSA) is 94.8 Å². The van der Waals surface area contributed by atoms with Gasteiger partial charge in [-0.3, -0.25) is 4.79 Å². The summed E-state index contributed by atoms with van der Waals surface area (Å²) < 4.78 is 15.3. The van der Waals surface area contributed by atoms with Crippen LogP contribution in [-0.2, 0) is 14.3 Å². The zero-order valence-corrected chi connectivity index (χ0v) is 17.3. The van der Waals surface area contributed by atoms with Crippen molar-refractivity contribution in [3.63, 3.8) is 0 Å². The predicted octanol–water partition coefficient (Wildman–Crippen LogP) is 3.90. The Kier molecular flexibility index (Phi) is 6.97. The summed E-state index contributed by atoms with van der Waals surface area (Å²) in [5, 5.41) is 4.22. The van der Waals surface area contributed by atoms with Crippen molar-refractivity contribution < 1.29 is 23.5 Å². The van der Waals surface area contributed by atoms with E-state index in [1.807, 2.05) is 0 Å². The molecule has 3 aromatic rings. The quantitative estimate of drug-likeness (QED) is 0.434. The first-order valence-corrected chi connectivity index (χ1v) is 9.64. The summed E-state index contributed by atoms with van der Waals surface area (Å²) in [6, 6.07) is 12.4. The molecular weight excluding hydrogens is 433 g/mol. The predicted molar refractivity (Wildman–Crippen MR) is 112 cm³/mol. The number of fused-ring (bicyclic) bond motifs is 1. The molecule has 156 valence electrons. The van der Waals surface area contributed by atoms with Gasteiger partial charge in [0.1, 0.15) is 11.3 Å². The van der Waals surface area contributed by atoms with E-state index in [9.17, 15) is 14.4 Å². The van der Waals surface area contributed by atoms with Crippen molar-refractivity contribution in [1.82, 2.24) is 5.32 Å². The van der Waals surface area contributed by atoms with Crippen LogP contribution in [0.2, 0.25) is 10.0 Å². The van der Waals surface area contributed by atoms with Gasteiger partial charge in [0, 0.05) is 17.5 Å². The van der Waals surface area contributed by atoms with Crippen LogP contribution in [0.5, 0.6) is 5.75 Å². The van der Waals surface area contributed by atoms with E-state index in [1.54, 1.807) is 43.3 Å². The molecule has 1 aromatic heterocycles. The Morgan fingerprint density at radius 1 is 1.03 bits per heavy atom. The van der Waals surface area contributed by atoms with E-state index in [-0.39, 0.29) is 6.04 Å². The van der Waals surface area contributed by atoms with Gasteiger partial charge in [0.2, 0.25) is 0 Å². The molecule has 30 heavy (non-hydrogen) atoms.